The normalized spacial score (nSPS) is 11.0. The van der Waals surface area contributed by atoms with Crippen molar-refractivity contribution in [1.82, 2.24) is 24.8 Å². The number of nitrogens with zero attached hydrogens (tertiary/aromatic N) is 6. The second-order valence-corrected chi connectivity index (χ2v) is 4.73. The van der Waals surface area contributed by atoms with Crippen molar-refractivity contribution < 1.29 is 4.92 Å². The van der Waals surface area contributed by atoms with Crippen LogP contribution in [0.4, 0.5) is 5.69 Å². The van der Waals surface area contributed by atoms with Gasteiger partial charge in [0.25, 0.3) is 5.69 Å². The van der Waals surface area contributed by atoms with Gasteiger partial charge in [0.2, 0.25) is 10.6 Å². The number of benzene rings is 1. The second kappa shape index (κ2) is 6.23. The maximum absolute atomic E-state index is 10.6. The third kappa shape index (κ3) is 3.16. The molecular weight excluding hydrogens is 318 g/mol. The summed E-state index contributed by atoms with van der Waals surface area (Å²) in [4.78, 5) is 18.3. The van der Waals surface area contributed by atoms with Crippen LogP contribution in [0, 0.1) is 14.9 Å². The molecule has 0 saturated carbocycles. The molecule has 1 N–H and O–H groups in total. The summed E-state index contributed by atoms with van der Waals surface area (Å²) < 4.78 is 1.70. The van der Waals surface area contributed by atoms with Crippen molar-refractivity contribution in [2.24, 2.45) is 5.10 Å². The molecular formula is C13H9N7O2S. The highest BCUT2D eigenvalue weighted by molar-refractivity contribution is 7.71. The molecule has 0 aliphatic heterocycles. The van der Waals surface area contributed by atoms with Crippen LogP contribution in [0.25, 0.3) is 11.5 Å². The first-order chi connectivity index (χ1) is 11.1. The number of hydrogen-bond acceptors (Lipinski definition) is 7. The largest absolute Gasteiger partial charge is 0.269 e. The van der Waals surface area contributed by atoms with Crippen LogP contribution in [0.5, 0.6) is 0 Å². The smallest absolute Gasteiger partial charge is 0.261 e. The molecule has 3 rings (SSSR count). The summed E-state index contributed by atoms with van der Waals surface area (Å²) in [5.41, 5.74) is 1.21. The van der Waals surface area contributed by atoms with Gasteiger partial charge in [-0.3, -0.25) is 15.1 Å². The summed E-state index contributed by atoms with van der Waals surface area (Å²) >= 11 is 5.14. The van der Waals surface area contributed by atoms with Crippen LogP contribution in [0.15, 0.2) is 48.0 Å². The Morgan fingerprint density at radius 3 is 2.74 bits per heavy atom. The minimum absolute atomic E-state index is 0.0160. The van der Waals surface area contributed by atoms with Gasteiger partial charge in [-0.1, -0.05) is 0 Å². The summed E-state index contributed by atoms with van der Waals surface area (Å²) in [6.45, 7) is 0. The van der Waals surface area contributed by atoms with E-state index < -0.39 is 4.92 Å². The van der Waals surface area contributed by atoms with Gasteiger partial charge in [0.05, 0.1) is 17.3 Å². The van der Waals surface area contributed by atoms with E-state index >= 15 is 0 Å². The van der Waals surface area contributed by atoms with Gasteiger partial charge >= 0.3 is 0 Å². The average molecular weight is 327 g/mol. The third-order valence-electron chi connectivity index (χ3n) is 2.87. The molecule has 9 nitrogen and oxygen atoms in total. The minimum Gasteiger partial charge on any atom is -0.261 e. The Bertz CT molecular complexity index is 916. The summed E-state index contributed by atoms with van der Waals surface area (Å²) in [7, 11) is 0. The zero-order valence-corrected chi connectivity index (χ0v) is 12.3. The first-order valence-electron chi connectivity index (χ1n) is 6.38. The molecule has 1 aromatic carbocycles. The minimum atomic E-state index is -0.459. The van der Waals surface area contributed by atoms with Crippen molar-refractivity contribution in [3.05, 3.63) is 63.3 Å². The van der Waals surface area contributed by atoms with Gasteiger partial charge in [-0.05, 0) is 29.9 Å². The number of aromatic amines is 1. The molecule has 0 radical (unpaired) electrons. The average Bonchev–Trinajstić information content (AvgIpc) is 2.95. The number of hydrogen-bond donors (Lipinski definition) is 1. The monoisotopic (exact) mass is 327 g/mol. The Hall–Kier alpha value is -3.27. The molecule has 3 aromatic rings. The van der Waals surface area contributed by atoms with E-state index in [0.717, 1.165) is 0 Å². The SMILES string of the molecule is O=[N+]([O-])c1ccc(/C=N/n2c(-c3cnccn3)n[nH]c2=S)cc1. The van der Waals surface area contributed by atoms with E-state index in [2.05, 4.69) is 25.3 Å². The molecule has 0 bridgehead atoms. The maximum Gasteiger partial charge on any atom is 0.269 e. The Kier molecular flexibility index (Phi) is 3.97. The lowest BCUT2D eigenvalue weighted by molar-refractivity contribution is -0.384. The van der Waals surface area contributed by atoms with Crippen molar-refractivity contribution >= 4 is 24.1 Å². The third-order valence-corrected chi connectivity index (χ3v) is 3.13. The van der Waals surface area contributed by atoms with Gasteiger partial charge in [0, 0.05) is 24.5 Å². The van der Waals surface area contributed by atoms with Crippen LogP contribution in [-0.4, -0.2) is 36.0 Å². The molecule has 23 heavy (non-hydrogen) atoms. The Labute approximate surface area is 134 Å². The second-order valence-electron chi connectivity index (χ2n) is 4.35. The van der Waals surface area contributed by atoms with Gasteiger partial charge in [0.15, 0.2) is 0 Å². The highest BCUT2D eigenvalue weighted by atomic mass is 32.1. The van der Waals surface area contributed by atoms with Crippen molar-refractivity contribution in [3.8, 4) is 11.5 Å². The molecule has 0 atom stereocenters. The molecule has 114 valence electrons. The van der Waals surface area contributed by atoms with Gasteiger partial charge in [-0.2, -0.15) is 14.9 Å². The Morgan fingerprint density at radius 1 is 1.30 bits per heavy atom. The lowest BCUT2D eigenvalue weighted by Gasteiger charge is -1.99. The van der Waals surface area contributed by atoms with Crippen molar-refractivity contribution in [3.63, 3.8) is 0 Å². The predicted octanol–water partition coefficient (Wildman–Crippen LogP) is 2.19. The number of nitro benzene ring substituents is 1. The van der Waals surface area contributed by atoms with E-state index in [4.69, 9.17) is 12.2 Å². The highest BCUT2D eigenvalue weighted by Gasteiger charge is 2.09. The van der Waals surface area contributed by atoms with Gasteiger partial charge < -0.3 is 0 Å². The summed E-state index contributed by atoms with van der Waals surface area (Å²) in [6, 6.07) is 5.99. The Morgan fingerprint density at radius 2 is 2.09 bits per heavy atom. The molecule has 0 aliphatic carbocycles. The predicted molar refractivity (Wildman–Crippen MR) is 84.5 cm³/mol. The van der Waals surface area contributed by atoms with Crippen LogP contribution in [0.2, 0.25) is 0 Å². The van der Waals surface area contributed by atoms with Crippen LogP contribution < -0.4 is 0 Å². The van der Waals surface area contributed by atoms with Crippen molar-refractivity contribution in [2.45, 2.75) is 0 Å². The van der Waals surface area contributed by atoms with Crippen LogP contribution >= 0.6 is 12.2 Å². The summed E-state index contributed by atoms with van der Waals surface area (Å²) in [5, 5.41) is 21.6. The lowest BCUT2D eigenvalue weighted by Crippen LogP contribution is -1.97. The van der Waals surface area contributed by atoms with E-state index in [-0.39, 0.29) is 5.69 Å². The molecule has 0 amide bonds. The quantitative estimate of drug-likeness (QED) is 0.340. The molecule has 0 aliphatic rings. The van der Waals surface area contributed by atoms with Gasteiger partial charge in [0.1, 0.15) is 5.69 Å². The number of non-ortho nitro benzene ring substituents is 1. The number of rotatable bonds is 4. The van der Waals surface area contributed by atoms with E-state index in [1.165, 1.54) is 29.2 Å². The maximum atomic E-state index is 10.6. The molecule has 0 saturated heterocycles. The van der Waals surface area contributed by atoms with Gasteiger partial charge in [-0.15, -0.1) is 0 Å². The molecule has 0 spiro atoms. The number of nitrogens with one attached hydrogen (secondary N) is 1. The van der Waals surface area contributed by atoms with Crippen molar-refractivity contribution in [2.75, 3.05) is 0 Å². The fourth-order valence-electron chi connectivity index (χ4n) is 1.79. The number of nitro groups is 1. The van der Waals surface area contributed by atoms with Crippen molar-refractivity contribution in [1.29, 1.82) is 0 Å². The number of aromatic nitrogens is 5. The van der Waals surface area contributed by atoms with Gasteiger partial charge in [-0.25, -0.2) is 10.1 Å². The molecule has 2 aromatic heterocycles. The molecule has 0 unspecified atom stereocenters. The molecule has 10 heteroatoms. The van der Waals surface area contributed by atoms with E-state index in [9.17, 15) is 10.1 Å². The zero-order valence-electron chi connectivity index (χ0n) is 11.5. The topological polar surface area (TPSA) is 115 Å². The lowest BCUT2D eigenvalue weighted by atomic mass is 10.2. The fraction of sp³-hybridized carbons (Fsp3) is 0. The molecule has 2 heterocycles. The first-order valence-corrected chi connectivity index (χ1v) is 6.78. The summed E-state index contributed by atoms with van der Waals surface area (Å²) in [5.74, 6) is 0.418. The number of H-pyrrole nitrogens is 1. The first kappa shape index (κ1) is 14.7. The van der Waals surface area contributed by atoms with E-state index in [1.54, 1.807) is 24.5 Å². The zero-order chi connectivity index (χ0) is 16.2. The fourth-order valence-corrected chi connectivity index (χ4v) is 1.96. The molecule has 0 fully saturated rings. The van der Waals surface area contributed by atoms with E-state index in [0.29, 0.717) is 21.9 Å². The standard InChI is InChI=1S/C13H9N7O2S/c21-20(22)10-3-1-9(2-4-10)7-16-19-12(17-18-13(19)23)11-8-14-5-6-15-11/h1-8H,(H,18,23)/b16-7+. The van der Waals surface area contributed by atoms with Crippen LogP contribution in [-0.2, 0) is 0 Å². The highest BCUT2D eigenvalue weighted by Crippen LogP contribution is 2.13. The summed E-state index contributed by atoms with van der Waals surface area (Å²) in [6.07, 6.45) is 6.16. The van der Waals surface area contributed by atoms with E-state index in [1.807, 2.05) is 0 Å². The van der Waals surface area contributed by atoms with Crippen LogP contribution in [0.1, 0.15) is 5.56 Å². The Balaban J connectivity index is 1.93. The van der Waals surface area contributed by atoms with Crippen LogP contribution in [0.3, 0.4) is 0 Å².